The molecule has 1 amide bonds. The number of anilines is 2. The van der Waals surface area contributed by atoms with Gasteiger partial charge in [0.25, 0.3) is 5.91 Å². The standard InChI is InChI=1S/C19H17ClN4O/c20-17-15(8-4-11-21-17)19(25)24-16-9-5-12-22-18(16)23-13-10-14-6-2-1-3-7-14/h1-9,11-12H,10,13H2,(H,22,23)(H,24,25). The Labute approximate surface area is 151 Å². The average Bonchev–Trinajstić information content (AvgIpc) is 2.64. The Morgan fingerprint density at radius 1 is 0.960 bits per heavy atom. The van der Waals surface area contributed by atoms with E-state index in [1.165, 1.54) is 5.56 Å². The molecule has 0 aliphatic rings. The van der Waals surface area contributed by atoms with Crippen LogP contribution in [0, 0.1) is 0 Å². The number of amides is 1. The van der Waals surface area contributed by atoms with E-state index in [-0.39, 0.29) is 11.1 Å². The maximum absolute atomic E-state index is 12.4. The second kappa shape index (κ2) is 8.26. The maximum atomic E-state index is 12.4. The predicted molar refractivity (Wildman–Crippen MR) is 100 cm³/mol. The van der Waals surface area contributed by atoms with Gasteiger partial charge in [-0.05, 0) is 36.2 Å². The Hall–Kier alpha value is -2.92. The summed E-state index contributed by atoms with van der Waals surface area (Å²) in [4.78, 5) is 20.6. The van der Waals surface area contributed by atoms with Gasteiger partial charge in [-0.15, -0.1) is 0 Å². The van der Waals surface area contributed by atoms with Crippen molar-refractivity contribution in [3.8, 4) is 0 Å². The van der Waals surface area contributed by atoms with Crippen LogP contribution in [-0.4, -0.2) is 22.4 Å². The summed E-state index contributed by atoms with van der Waals surface area (Å²) in [7, 11) is 0. The van der Waals surface area contributed by atoms with Gasteiger partial charge in [0.05, 0.1) is 11.3 Å². The molecule has 0 aliphatic heterocycles. The first-order chi connectivity index (χ1) is 12.2. The number of hydrogen-bond donors (Lipinski definition) is 2. The van der Waals surface area contributed by atoms with Gasteiger partial charge in [0.2, 0.25) is 0 Å². The number of aromatic nitrogens is 2. The molecule has 2 heterocycles. The third-order valence-corrected chi connectivity index (χ3v) is 3.91. The highest BCUT2D eigenvalue weighted by molar-refractivity contribution is 6.33. The van der Waals surface area contributed by atoms with Crippen molar-refractivity contribution in [2.24, 2.45) is 0 Å². The number of pyridine rings is 2. The quantitative estimate of drug-likeness (QED) is 0.657. The summed E-state index contributed by atoms with van der Waals surface area (Å²) in [6.07, 6.45) is 4.08. The molecule has 126 valence electrons. The fourth-order valence-electron chi connectivity index (χ4n) is 2.36. The van der Waals surface area contributed by atoms with Crippen LogP contribution in [0.2, 0.25) is 5.15 Å². The van der Waals surface area contributed by atoms with Crippen molar-refractivity contribution in [2.45, 2.75) is 6.42 Å². The summed E-state index contributed by atoms with van der Waals surface area (Å²) in [5, 5.41) is 6.26. The minimum Gasteiger partial charge on any atom is -0.368 e. The molecule has 0 saturated heterocycles. The van der Waals surface area contributed by atoms with Crippen LogP contribution in [0.15, 0.2) is 67.0 Å². The normalized spacial score (nSPS) is 10.3. The van der Waals surface area contributed by atoms with Crippen LogP contribution < -0.4 is 10.6 Å². The van der Waals surface area contributed by atoms with E-state index in [9.17, 15) is 4.79 Å². The second-order valence-corrected chi connectivity index (χ2v) is 5.72. The first-order valence-electron chi connectivity index (χ1n) is 7.89. The molecule has 1 aromatic carbocycles. The molecule has 0 spiro atoms. The van der Waals surface area contributed by atoms with E-state index in [1.807, 2.05) is 18.2 Å². The largest absolute Gasteiger partial charge is 0.368 e. The van der Waals surface area contributed by atoms with E-state index >= 15 is 0 Å². The molecule has 0 bridgehead atoms. The Balaban J connectivity index is 1.66. The van der Waals surface area contributed by atoms with Crippen LogP contribution in [0.4, 0.5) is 11.5 Å². The number of carbonyl (C=O) groups is 1. The molecule has 0 aliphatic carbocycles. The van der Waals surface area contributed by atoms with Gasteiger partial charge in [0, 0.05) is 18.9 Å². The molecule has 2 aromatic heterocycles. The van der Waals surface area contributed by atoms with E-state index in [0.29, 0.717) is 23.6 Å². The predicted octanol–water partition coefficient (Wildman–Crippen LogP) is 4.04. The van der Waals surface area contributed by atoms with E-state index in [1.54, 1.807) is 36.7 Å². The molecule has 0 unspecified atom stereocenters. The van der Waals surface area contributed by atoms with Gasteiger partial charge in [-0.1, -0.05) is 41.9 Å². The Morgan fingerprint density at radius 3 is 2.52 bits per heavy atom. The van der Waals surface area contributed by atoms with Crippen molar-refractivity contribution in [3.05, 3.63) is 83.3 Å². The zero-order valence-corrected chi connectivity index (χ0v) is 14.2. The summed E-state index contributed by atoms with van der Waals surface area (Å²) in [6, 6.07) is 17.0. The van der Waals surface area contributed by atoms with Gasteiger partial charge in [-0.2, -0.15) is 0 Å². The van der Waals surface area contributed by atoms with Crippen LogP contribution in [0.1, 0.15) is 15.9 Å². The van der Waals surface area contributed by atoms with Gasteiger partial charge in [-0.25, -0.2) is 9.97 Å². The number of rotatable bonds is 6. The Bertz CT molecular complexity index is 855. The van der Waals surface area contributed by atoms with Crippen molar-refractivity contribution in [1.29, 1.82) is 0 Å². The van der Waals surface area contributed by atoms with Gasteiger partial charge in [0.1, 0.15) is 11.0 Å². The molecule has 2 N–H and O–H groups in total. The number of hydrogen-bond acceptors (Lipinski definition) is 4. The topological polar surface area (TPSA) is 66.9 Å². The molecule has 0 atom stereocenters. The Morgan fingerprint density at radius 2 is 1.72 bits per heavy atom. The van der Waals surface area contributed by atoms with E-state index < -0.39 is 0 Å². The molecule has 0 saturated carbocycles. The molecular formula is C19H17ClN4O. The minimum absolute atomic E-state index is 0.169. The van der Waals surface area contributed by atoms with Crippen molar-refractivity contribution in [1.82, 2.24) is 9.97 Å². The number of benzene rings is 1. The molecular weight excluding hydrogens is 336 g/mol. The van der Waals surface area contributed by atoms with Crippen LogP contribution >= 0.6 is 11.6 Å². The number of nitrogens with one attached hydrogen (secondary N) is 2. The molecule has 5 nitrogen and oxygen atoms in total. The lowest BCUT2D eigenvalue weighted by molar-refractivity contribution is 0.102. The highest BCUT2D eigenvalue weighted by Crippen LogP contribution is 2.20. The fraction of sp³-hybridized carbons (Fsp3) is 0.105. The first kappa shape index (κ1) is 16.9. The molecule has 0 fully saturated rings. The van der Waals surface area contributed by atoms with Gasteiger partial charge < -0.3 is 10.6 Å². The highest BCUT2D eigenvalue weighted by Gasteiger charge is 2.13. The van der Waals surface area contributed by atoms with Crippen molar-refractivity contribution in [3.63, 3.8) is 0 Å². The van der Waals surface area contributed by atoms with Crippen LogP contribution in [-0.2, 0) is 6.42 Å². The SMILES string of the molecule is O=C(Nc1cccnc1NCCc1ccccc1)c1cccnc1Cl. The Kier molecular flexibility index (Phi) is 5.59. The lowest BCUT2D eigenvalue weighted by atomic mass is 10.1. The van der Waals surface area contributed by atoms with Gasteiger partial charge in [0.15, 0.2) is 0 Å². The molecule has 6 heteroatoms. The molecule has 3 rings (SSSR count). The maximum Gasteiger partial charge on any atom is 0.258 e. The number of carbonyl (C=O) groups excluding carboxylic acids is 1. The second-order valence-electron chi connectivity index (χ2n) is 5.36. The lowest BCUT2D eigenvalue weighted by Crippen LogP contribution is -2.16. The van der Waals surface area contributed by atoms with Crippen molar-refractivity contribution < 1.29 is 4.79 Å². The van der Waals surface area contributed by atoms with E-state index in [2.05, 4.69) is 32.7 Å². The molecule has 25 heavy (non-hydrogen) atoms. The van der Waals surface area contributed by atoms with Gasteiger partial charge >= 0.3 is 0 Å². The lowest BCUT2D eigenvalue weighted by Gasteiger charge is -2.12. The smallest absolute Gasteiger partial charge is 0.258 e. The number of nitrogens with zero attached hydrogens (tertiary/aromatic N) is 2. The third-order valence-electron chi connectivity index (χ3n) is 3.61. The summed E-state index contributed by atoms with van der Waals surface area (Å²) < 4.78 is 0. The third kappa shape index (κ3) is 4.55. The van der Waals surface area contributed by atoms with Crippen molar-refractivity contribution in [2.75, 3.05) is 17.2 Å². The van der Waals surface area contributed by atoms with Crippen LogP contribution in [0.25, 0.3) is 0 Å². The zero-order chi connectivity index (χ0) is 17.5. The minimum atomic E-state index is -0.322. The molecule has 3 aromatic rings. The van der Waals surface area contributed by atoms with Gasteiger partial charge in [-0.3, -0.25) is 4.79 Å². The first-order valence-corrected chi connectivity index (χ1v) is 8.26. The van der Waals surface area contributed by atoms with Crippen LogP contribution in [0.3, 0.4) is 0 Å². The monoisotopic (exact) mass is 352 g/mol. The summed E-state index contributed by atoms with van der Waals surface area (Å²) >= 11 is 5.97. The summed E-state index contributed by atoms with van der Waals surface area (Å²) in [6.45, 7) is 0.706. The number of halogens is 1. The van der Waals surface area contributed by atoms with Crippen molar-refractivity contribution >= 4 is 29.0 Å². The van der Waals surface area contributed by atoms with E-state index in [4.69, 9.17) is 11.6 Å². The molecule has 0 radical (unpaired) electrons. The van der Waals surface area contributed by atoms with Crippen LogP contribution in [0.5, 0.6) is 0 Å². The summed E-state index contributed by atoms with van der Waals surface area (Å²) in [5.74, 6) is 0.295. The van der Waals surface area contributed by atoms with E-state index in [0.717, 1.165) is 6.42 Å². The fourth-order valence-corrected chi connectivity index (χ4v) is 2.57. The highest BCUT2D eigenvalue weighted by atomic mass is 35.5. The summed E-state index contributed by atoms with van der Waals surface area (Å²) in [5.41, 5.74) is 2.15. The zero-order valence-electron chi connectivity index (χ0n) is 13.4. The average molecular weight is 353 g/mol.